The van der Waals surface area contributed by atoms with Crippen LogP contribution in [0.1, 0.15) is 5.56 Å². The number of fused-ring (bicyclic) bond motifs is 1. The van der Waals surface area contributed by atoms with E-state index >= 15 is 0 Å². The fourth-order valence-corrected chi connectivity index (χ4v) is 3.74. The number of methoxy groups -OCH3 is 1. The molecule has 3 aromatic rings. The van der Waals surface area contributed by atoms with Crippen LogP contribution in [0.3, 0.4) is 0 Å². The molecule has 8 nitrogen and oxygen atoms in total. The van der Waals surface area contributed by atoms with Crippen molar-refractivity contribution in [3.8, 4) is 5.75 Å². The molecule has 0 fully saturated rings. The van der Waals surface area contributed by atoms with Crippen LogP contribution in [-0.2, 0) is 14.8 Å². The topological polar surface area (TPSA) is 101 Å². The number of nitrogens with one attached hydrogen (secondary N) is 1. The van der Waals surface area contributed by atoms with Gasteiger partial charge in [-0.05, 0) is 30.3 Å². The van der Waals surface area contributed by atoms with Gasteiger partial charge in [0.1, 0.15) is 17.4 Å². The van der Waals surface area contributed by atoms with E-state index in [4.69, 9.17) is 16.3 Å². The van der Waals surface area contributed by atoms with Crippen molar-refractivity contribution in [2.45, 2.75) is 0 Å². The number of sulfonamides is 1. The summed E-state index contributed by atoms with van der Waals surface area (Å²) in [7, 11) is -2.08. The van der Waals surface area contributed by atoms with Gasteiger partial charge in [0.25, 0.3) is 5.91 Å². The Hall–Kier alpha value is -3.17. The molecule has 0 atom stereocenters. The molecule has 3 rings (SSSR count). The number of halogens is 1. The SMILES string of the molecule is COc1ccc2cc(/C=N/NC(=O)CN(c3ccccc3)S(C)(=O)=O)c(Cl)nc2c1. The molecule has 0 aliphatic heterocycles. The van der Waals surface area contributed by atoms with Gasteiger partial charge in [-0.2, -0.15) is 5.10 Å². The van der Waals surface area contributed by atoms with Crippen LogP contribution >= 0.6 is 11.6 Å². The molecule has 0 radical (unpaired) electrons. The normalized spacial score (nSPS) is 11.6. The van der Waals surface area contributed by atoms with Crippen molar-refractivity contribution in [1.82, 2.24) is 10.4 Å². The lowest BCUT2D eigenvalue weighted by atomic mass is 10.1. The number of hydrazone groups is 1. The molecule has 0 saturated heterocycles. The Labute approximate surface area is 179 Å². The highest BCUT2D eigenvalue weighted by Gasteiger charge is 2.20. The van der Waals surface area contributed by atoms with Crippen LogP contribution in [-0.4, -0.2) is 45.4 Å². The summed E-state index contributed by atoms with van der Waals surface area (Å²) in [5, 5.41) is 4.90. The molecule has 0 aliphatic carbocycles. The lowest BCUT2D eigenvalue weighted by Crippen LogP contribution is -2.38. The first kappa shape index (κ1) is 21.5. The number of pyridine rings is 1. The first-order chi connectivity index (χ1) is 14.3. The molecule has 30 heavy (non-hydrogen) atoms. The van der Waals surface area contributed by atoms with E-state index in [2.05, 4.69) is 15.5 Å². The molecule has 1 N–H and O–H groups in total. The minimum Gasteiger partial charge on any atom is -0.497 e. The minimum absolute atomic E-state index is 0.204. The summed E-state index contributed by atoms with van der Waals surface area (Å²) in [5.41, 5.74) is 3.86. The van der Waals surface area contributed by atoms with Crippen molar-refractivity contribution in [3.63, 3.8) is 0 Å². The zero-order chi connectivity index (χ0) is 21.7. The summed E-state index contributed by atoms with van der Waals surface area (Å²) in [6, 6.07) is 15.5. The Bertz CT molecular complexity index is 1200. The van der Waals surface area contributed by atoms with Gasteiger partial charge in [0.2, 0.25) is 10.0 Å². The lowest BCUT2D eigenvalue weighted by molar-refractivity contribution is -0.119. The third-order valence-electron chi connectivity index (χ3n) is 4.13. The number of carbonyl (C=O) groups excluding carboxylic acids is 1. The second kappa shape index (κ2) is 9.10. The highest BCUT2D eigenvalue weighted by atomic mass is 35.5. The largest absolute Gasteiger partial charge is 0.497 e. The van der Waals surface area contributed by atoms with Gasteiger partial charge in [-0.3, -0.25) is 9.10 Å². The van der Waals surface area contributed by atoms with E-state index < -0.39 is 22.5 Å². The van der Waals surface area contributed by atoms with Crippen molar-refractivity contribution >= 4 is 50.3 Å². The van der Waals surface area contributed by atoms with E-state index in [-0.39, 0.29) is 5.15 Å². The number of para-hydroxylation sites is 1. The molecular formula is C20H19ClN4O4S. The maximum Gasteiger partial charge on any atom is 0.260 e. The summed E-state index contributed by atoms with van der Waals surface area (Å²) in [6.07, 6.45) is 2.39. The van der Waals surface area contributed by atoms with Crippen LogP contribution in [0, 0.1) is 0 Å². The standard InChI is InChI=1S/C20H19ClN4O4S/c1-29-17-9-8-14-10-15(20(21)23-18(14)11-17)12-22-24-19(26)13-25(30(2,27)28)16-6-4-3-5-7-16/h3-12H,13H2,1-2H3,(H,24,26)/b22-12+. The fraction of sp³-hybridized carbons (Fsp3) is 0.150. The zero-order valence-corrected chi connectivity index (χ0v) is 17.8. The summed E-state index contributed by atoms with van der Waals surface area (Å²) < 4.78 is 30.3. The van der Waals surface area contributed by atoms with Gasteiger partial charge in [0, 0.05) is 17.0 Å². The van der Waals surface area contributed by atoms with E-state index in [9.17, 15) is 13.2 Å². The molecule has 10 heteroatoms. The average molecular weight is 447 g/mol. The Kier molecular flexibility index (Phi) is 6.53. The molecule has 1 amide bonds. The third kappa shape index (κ3) is 5.25. The molecule has 0 saturated carbocycles. The highest BCUT2D eigenvalue weighted by molar-refractivity contribution is 7.92. The van der Waals surface area contributed by atoms with Crippen LogP contribution in [0.25, 0.3) is 10.9 Å². The van der Waals surface area contributed by atoms with Crippen molar-refractivity contribution in [2.24, 2.45) is 5.10 Å². The van der Waals surface area contributed by atoms with E-state index in [1.54, 1.807) is 55.6 Å². The number of benzene rings is 2. The third-order valence-corrected chi connectivity index (χ3v) is 5.57. The Morgan fingerprint density at radius 1 is 1.23 bits per heavy atom. The summed E-state index contributed by atoms with van der Waals surface area (Å²) >= 11 is 6.19. The maximum atomic E-state index is 12.2. The molecular weight excluding hydrogens is 428 g/mol. The maximum absolute atomic E-state index is 12.2. The molecule has 0 bridgehead atoms. The smallest absolute Gasteiger partial charge is 0.260 e. The molecule has 0 aliphatic rings. The van der Waals surface area contributed by atoms with E-state index in [1.165, 1.54) is 6.21 Å². The Morgan fingerprint density at radius 2 is 1.97 bits per heavy atom. The molecule has 156 valence electrons. The molecule has 1 aromatic heterocycles. The average Bonchev–Trinajstić information content (AvgIpc) is 2.71. The van der Waals surface area contributed by atoms with Crippen molar-refractivity contribution in [1.29, 1.82) is 0 Å². The fourth-order valence-electron chi connectivity index (χ4n) is 2.69. The van der Waals surface area contributed by atoms with Crippen LogP contribution in [0.5, 0.6) is 5.75 Å². The van der Waals surface area contributed by atoms with Gasteiger partial charge >= 0.3 is 0 Å². The van der Waals surface area contributed by atoms with Crippen molar-refractivity contribution < 1.29 is 17.9 Å². The van der Waals surface area contributed by atoms with Gasteiger partial charge in [-0.15, -0.1) is 0 Å². The van der Waals surface area contributed by atoms with Crippen LogP contribution in [0.2, 0.25) is 5.15 Å². The number of anilines is 1. The van der Waals surface area contributed by atoms with Gasteiger partial charge in [0.15, 0.2) is 0 Å². The number of rotatable bonds is 7. The number of carbonyl (C=O) groups is 1. The molecule has 0 unspecified atom stereocenters. The van der Waals surface area contributed by atoms with Crippen molar-refractivity contribution in [3.05, 3.63) is 65.3 Å². The van der Waals surface area contributed by atoms with E-state index in [0.29, 0.717) is 22.5 Å². The van der Waals surface area contributed by atoms with Crippen LogP contribution < -0.4 is 14.5 Å². The summed E-state index contributed by atoms with van der Waals surface area (Å²) in [4.78, 5) is 16.5. The van der Waals surface area contributed by atoms with Crippen LogP contribution in [0.4, 0.5) is 5.69 Å². The number of ether oxygens (including phenoxy) is 1. The number of nitrogens with zero attached hydrogens (tertiary/aromatic N) is 3. The Morgan fingerprint density at radius 3 is 2.63 bits per heavy atom. The molecule has 0 spiro atoms. The first-order valence-electron chi connectivity index (χ1n) is 8.77. The van der Waals surface area contributed by atoms with Crippen LogP contribution in [0.15, 0.2) is 59.7 Å². The number of hydrogen-bond acceptors (Lipinski definition) is 6. The second-order valence-corrected chi connectivity index (χ2v) is 8.59. The predicted octanol–water partition coefficient (Wildman–Crippen LogP) is 2.81. The molecule has 1 heterocycles. The number of hydrogen-bond donors (Lipinski definition) is 1. The lowest BCUT2D eigenvalue weighted by Gasteiger charge is -2.21. The van der Waals surface area contributed by atoms with Crippen molar-refractivity contribution in [2.75, 3.05) is 24.2 Å². The van der Waals surface area contributed by atoms with Gasteiger partial charge in [-0.25, -0.2) is 18.8 Å². The number of amides is 1. The summed E-state index contributed by atoms with van der Waals surface area (Å²) in [6.45, 7) is -0.413. The molecule has 2 aromatic carbocycles. The Balaban J connectivity index is 1.73. The van der Waals surface area contributed by atoms with Gasteiger partial charge in [0.05, 0.1) is 30.8 Å². The highest BCUT2D eigenvalue weighted by Crippen LogP contribution is 2.23. The first-order valence-corrected chi connectivity index (χ1v) is 11.0. The minimum atomic E-state index is -3.65. The van der Waals surface area contributed by atoms with E-state index in [1.807, 2.05) is 6.07 Å². The van der Waals surface area contributed by atoms with Gasteiger partial charge < -0.3 is 4.74 Å². The second-order valence-electron chi connectivity index (χ2n) is 6.33. The van der Waals surface area contributed by atoms with E-state index in [0.717, 1.165) is 15.9 Å². The predicted molar refractivity (Wildman–Crippen MR) is 118 cm³/mol. The zero-order valence-electron chi connectivity index (χ0n) is 16.2. The summed E-state index contributed by atoms with van der Waals surface area (Å²) in [5.74, 6) is 0.0590. The quantitative estimate of drug-likeness (QED) is 0.341. The van der Waals surface area contributed by atoms with Gasteiger partial charge in [-0.1, -0.05) is 29.8 Å². The monoisotopic (exact) mass is 446 g/mol. The number of aromatic nitrogens is 1.